The van der Waals surface area contributed by atoms with E-state index in [9.17, 15) is 8.42 Å². The van der Waals surface area contributed by atoms with Crippen LogP contribution in [0, 0.1) is 0 Å². The first-order chi connectivity index (χ1) is 7.55. The quantitative estimate of drug-likeness (QED) is 0.553. The van der Waals surface area contributed by atoms with Crippen LogP contribution in [0.4, 0.5) is 0 Å². The summed E-state index contributed by atoms with van der Waals surface area (Å²) >= 11 is 0. The van der Waals surface area contributed by atoms with Crippen molar-refractivity contribution >= 4 is 10.0 Å². The SMILES string of the molecule is CCCC(COC)NS(=O)(=O)CCCCN. The van der Waals surface area contributed by atoms with Gasteiger partial charge in [0.05, 0.1) is 12.4 Å². The van der Waals surface area contributed by atoms with E-state index in [0.29, 0.717) is 19.6 Å². The molecule has 98 valence electrons. The largest absolute Gasteiger partial charge is 0.383 e. The summed E-state index contributed by atoms with van der Waals surface area (Å²) in [5.74, 6) is 0.147. The zero-order valence-corrected chi connectivity index (χ0v) is 11.1. The van der Waals surface area contributed by atoms with E-state index in [1.54, 1.807) is 7.11 Å². The van der Waals surface area contributed by atoms with Crippen molar-refractivity contribution in [2.45, 2.75) is 38.6 Å². The predicted molar refractivity (Wildman–Crippen MR) is 65.8 cm³/mol. The van der Waals surface area contributed by atoms with Crippen LogP contribution >= 0.6 is 0 Å². The second-order valence-electron chi connectivity index (χ2n) is 3.87. The first kappa shape index (κ1) is 15.8. The van der Waals surface area contributed by atoms with Gasteiger partial charge in [0, 0.05) is 13.2 Å². The molecule has 0 spiro atoms. The molecule has 0 saturated heterocycles. The Morgan fingerprint density at radius 3 is 2.56 bits per heavy atom. The van der Waals surface area contributed by atoms with Gasteiger partial charge >= 0.3 is 0 Å². The highest BCUT2D eigenvalue weighted by atomic mass is 32.2. The minimum absolute atomic E-state index is 0.113. The van der Waals surface area contributed by atoms with Crippen molar-refractivity contribution in [3.05, 3.63) is 0 Å². The van der Waals surface area contributed by atoms with Crippen LogP contribution in [0.1, 0.15) is 32.6 Å². The van der Waals surface area contributed by atoms with Gasteiger partial charge in [0.25, 0.3) is 0 Å². The lowest BCUT2D eigenvalue weighted by Crippen LogP contribution is -2.39. The Labute approximate surface area is 98.8 Å². The molecule has 5 nitrogen and oxygen atoms in total. The van der Waals surface area contributed by atoms with E-state index in [4.69, 9.17) is 10.5 Å². The number of rotatable bonds is 10. The molecule has 0 rings (SSSR count). The summed E-state index contributed by atoms with van der Waals surface area (Å²) in [7, 11) is -1.61. The number of unbranched alkanes of at least 4 members (excludes halogenated alkanes) is 1. The second kappa shape index (κ2) is 8.92. The van der Waals surface area contributed by atoms with Gasteiger partial charge in [0.15, 0.2) is 0 Å². The summed E-state index contributed by atoms with van der Waals surface area (Å²) in [5.41, 5.74) is 5.32. The minimum Gasteiger partial charge on any atom is -0.383 e. The molecule has 0 bridgehead atoms. The molecule has 0 aliphatic rings. The number of sulfonamides is 1. The number of ether oxygens (including phenoxy) is 1. The summed E-state index contributed by atoms with van der Waals surface area (Å²) in [6, 6.07) is -0.113. The zero-order chi connectivity index (χ0) is 12.4. The maximum absolute atomic E-state index is 11.7. The van der Waals surface area contributed by atoms with E-state index >= 15 is 0 Å². The fraction of sp³-hybridized carbons (Fsp3) is 1.00. The predicted octanol–water partition coefficient (Wildman–Crippen LogP) is 0.460. The van der Waals surface area contributed by atoms with E-state index < -0.39 is 10.0 Å². The number of hydrogen-bond acceptors (Lipinski definition) is 4. The molecule has 0 aromatic heterocycles. The normalized spacial score (nSPS) is 13.9. The lowest BCUT2D eigenvalue weighted by atomic mass is 10.2. The van der Waals surface area contributed by atoms with E-state index in [1.165, 1.54) is 0 Å². The molecular weight excluding hydrogens is 228 g/mol. The summed E-state index contributed by atoms with van der Waals surface area (Å²) in [5, 5.41) is 0. The number of hydrogen-bond donors (Lipinski definition) is 2. The minimum atomic E-state index is -3.18. The zero-order valence-electron chi connectivity index (χ0n) is 10.2. The van der Waals surface area contributed by atoms with Crippen LogP contribution in [0.3, 0.4) is 0 Å². The van der Waals surface area contributed by atoms with E-state index in [2.05, 4.69) is 4.72 Å². The molecule has 0 saturated carbocycles. The van der Waals surface area contributed by atoms with Crippen molar-refractivity contribution in [1.82, 2.24) is 4.72 Å². The molecule has 0 aromatic rings. The summed E-state index contributed by atoms with van der Waals surface area (Å²) < 4.78 is 31.0. The Bertz CT molecular complexity index is 249. The molecule has 1 atom stereocenters. The third kappa shape index (κ3) is 8.04. The van der Waals surface area contributed by atoms with Crippen molar-refractivity contribution < 1.29 is 13.2 Å². The van der Waals surface area contributed by atoms with E-state index in [-0.39, 0.29) is 11.8 Å². The maximum Gasteiger partial charge on any atom is 0.211 e. The fourth-order valence-electron chi connectivity index (χ4n) is 1.48. The molecule has 0 aromatic carbocycles. The molecule has 0 aliphatic carbocycles. The van der Waals surface area contributed by atoms with Crippen LogP contribution in [-0.4, -0.2) is 40.5 Å². The van der Waals surface area contributed by atoms with Gasteiger partial charge in [-0.15, -0.1) is 0 Å². The standard InChI is InChI=1S/C10H24N2O3S/c1-3-6-10(9-15-2)12-16(13,14)8-5-4-7-11/h10,12H,3-9,11H2,1-2H3. The van der Waals surface area contributed by atoms with E-state index in [1.807, 2.05) is 6.92 Å². The summed E-state index contributed by atoms with van der Waals surface area (Å²) in [6.45, 7) is 2.97. The van der Waals surface area contributed by atoms with E-state index in [0.717, 1.165) is 19.3 Å². The highest BCUT2D eigenvalue weighted by molar-refractivity contribution is 7.89. The molecule has 0 heterocycles. The Morgan fingerprint density at radius 1 is 1.38 bits per heavy atom. The van der Waals surface area contributed by atoms with Gasteiger partial charge < -0.3 is 10.5 Å². The lowest BCUT2D eigenvalue weighted by molar-refractivity contribution is 0.171. The van der Waals surface area contributed by atoms with Gasteiger partial charge in [-0.25, -0.2) is 13.1 Å². The Hall–Kier alpha value is -0.170. The molecule has 0 aliphatic heterocycles. The van der Waals surface area contributed by atoms with Crippen molar-refractivity contribution in [1.29, 1.82) is 0 Å². The number of nitrogens with two attached hydrogens (primary N) is 1. The van der Waals surface area contributed by atoms with Gasteiger partial charge in [0.1, 0.15) is 0 Å². The van der Waals surface area contributed by atoms with Crippen LogP contribution in [0.5, 0.6) is 0 Å². The average molecular weight is 252 g/mol. The number of methoxy groups -OCH3 is 1. The average Bonchev–Trinajstić information content (AvgIpc) is 2.18. The summed E-state index contributed by atoms with van der Waals surface area (Å²) in [6.07, 6.45) is 3.07. The Kier molecular flexibility index (Phi) is 8.83. The molecule has 0 fully saturated rings. The van der Waals surface area contributed by atoms with Gasteiger partial charge in [0.2, 0.25) is 10.0 Å². The Morgan fingerprint density at radius 2 is 2.06 bits per heavy atom. The smallest absolute Gasteiger partial charge is 0.211 e. The third-order valence-electron chi connectivity index (χ3n) is 2.22. The molecule has 3 N–H and O–H groups in total. The van der Waals surface area contributed by atoms with Crippen molar-refractivity contribution in [2.24, 2.45) is 5.73 Å². The fourth-order valence-corrected chi connectivity index (χ4v) is 2.87. The number of nitrogens with one attached hydrogen (secondary N) is 1. The molecule has 0 radical (unpaired) electrons. The van der Waals surface area contributed by atoms with Crippen LogP contribution in [-0.2, 0) is 14.8 Å². The topological polar surface area (TPSA) is 81.4 Å². The lowest BCUT2D eigenvalue weighted by Gasteiger charge is -2.17. The molecule has 6 heteroatoms. The third-order valence-corrected chi connectivity index (χ3v) is 3.74. The van der Waals surface area contributed by atoms with Crippen LogP contribution < -0.4 is 10.5 Å². The van der Waals surface area contributed by atoms with Gasteiger partial charge in [-0.2, -0.15) is 0 Å². The van der Waals surface area contributed by atoms with Crippen molar-refractivity contribution in [3.8, 4) is 0 Å². The first-order valence-electron chi connectivity index (χ1n) is 5.74. The van der Waals surface area contributed by atoms with Crippen LogP contribution in [0.15, 0.2) is 0 Å². The molecule has 1 unspecified atom stereocenters. The van der Waals surface area contributed by atoms with Crippen LogP contribution in [0.25, 0.3) is 0 Å². The van der Waals surface area contributed by atoms with Gasteiger partial charge in [-0.1, -0.05) is 13.3 Å². The first-order valence-corrected chi connectivity index (χ1v) is 7.40. The Balaban J connectivity index is 4.08. The van der Waals surface area contributed by atoms with Crippen molar-refractivity contribution in [3.63, 3.8) is 0 Å². The van der Waals surface area contributed by atoms with Gasteiger partial charge in [-0.3, -0.25) is 0 Å². The van der Waals surface area contributed by atoms with Crippen LogP contribution in [0.2, 0.25) is 0 Å². The summed E-state index contributed by atoms with van der Waals surface area (Å²) in [4.78, 5) is 0. The second-order valence-corrected chi connectivity index (χ2v) is 5.75. The monoisotopic (exact) mass is 252 g/mol. The highest BCUT2D eigenvalue weighted by Gasteiger charge is 2.16. The van der Waals surface area contributed by atoms with Gasteiger partial charge in [-0.05, 0) is 25.8 Å². The molecule has 0 amide bonds. The maximum atomic E-state index is 11.7. The molecular formula is C10H24N2O3S. The van der Waals surface area contributed by atoms with Crippen molar-refractivity contribution in [2.75, 3.05) is 26.0 Å². The highest BCUT2D eigenvalue weighted by Crippen LogP contribution is 2.01. The molecule has 16 heavy (non-hydrogen) atoms.